The molecule has 2 aromatic heterocycles. The molecule has 1 aliphatic carbocycles. The van der Waals surface area contributed by atoms with Crippen LogP contribution in [0, 0.1) is 5.92 Å². The summed E-state index contributed by atoms with van der Waals surface area (Å²) in [5.74, 6) is 0.390. The largest absolute Gasteiger partial charge is 0.260 e. The van der Waals surface area contributed by atoms with Crippen molar-refractivity contribution in [3.05, 3.63) is 84.0 Å². The summed E-state index contributed by atoms with van der Waals surface area (Å²) in [5, 5.41) is 0.177. The Morgan fingerprint density at radius 2 is 1.38 bits per heavy atom. The number of aromatic nitrogens is 2. The summed E-state index contributed by atoms with van der Waals surface area (Å²) in [6, 6.07) is 12.3. The van der Waals surface area contributed by atoms with E-state index in [1.807, 2.05) is 24.5 Å². The van der Waals surface area contributed by atoms with E-state index in [0.29, 0.717) is 16.2 Å². The zero-order chi connectivity index (χ0) is 21.3. The lowest BCUT2D eigenvalue weighted by atomic mass is 9.84. The molecule has 0 fully saturated rings. The van der Waals surface area contributed by atoms with E-state index in [1.165, 1.54) is 11.7 Å². The van der Waals surface area contributed by atoms with Crippen molar-refractivity contribution in [1.29, 1.82) is 0 Å². The molecule has 0 radical (unpaired) electrons. The summed E-state index contributed by atoms with van der Waals surface area (Å²) < 4.78 is 0. The average molecular weight is 425 g/mol. The van der Waals surface area contributed by atoms with Gasteiger partial charge in [-0.2, -0.15) is 0 Å². The van der Waals surface area contributed by atoms with E-state index in [2.05, 4.69) is 93.3 Å². The molecule has 154 valence electrons. The lowest BCUT2D eigenvalue weighted by Crippen LogP contribution is -2.32. The maximum atomic E-state index is 4.76. The third kappa shape index (κ3) is 4.70. The van der Waals surface area contributed by atoms with Crippen molar-refractivity contribution in [2.45, 2.75) is 57.0 Å². The van der Waals surface area contributed by atoms with E-state index >= 15 is 0 Å². The second kappa shape index (κ2) is 8.41. The van der Waals surface area contributed by atoms with Gasteiger partial charge in [0, 0.05) is 18.3 Å². The zero-order valence-electron chi connectivity index (χ0n) is 18.6. The second-order valence-corrected chi connectivity index (χ2v) is 14.6. The molecule has 2 aromatic rings. The van der Waals surface area contributed by atoms with E-state index in [4.69, 9.17) is 9.97 Å². The highest BCUT2D eigenvalue weighted by molar-refractivity contribution is 7.60. The first-order chi connectivity index (χ1) is 13.5. The summed E-state index contributed by atoms with van der Waals surface area (Å²) in [6.45, 7) is 14.4. The van der Waals surface area contributed by atoms with Crippen LogP contribution in [0.5, 0.6) is 0 Å². The average Bonchev–Trinajstić information content (AvgIpc) is 3.14. The number of hydrogen-bond acceptors (Lipinski definition) is 2. The van der Waals surface area contributed by atoms with E-state index in [0.717, 1.165) is 11.4 Å². The van der Waals surface area contributed by atoms with E-state index in [9.17, 15) is 0 Å². The van der Waals surface area contributed by atoms with E-state index < -0.39 is 5.16 Å². The molecule has 2 unspecified atom stereocenters. The van der Waals surface area contributed by atoms with Crippen LogP contribution in [-0.4, -0.2) is 26.4 Å². The number of rotatable bonds is 5. The van der Waals surface area contributed by atoms with Crippen molar-refractivity contribution < 1.29 is 0 Å². The Kier molecular flexibility index (Phi) is 6.47. The summed E-state index contributed by atoms with van der Waals surface area (Å²) in [4.78, 5) is 9.52. The fraction of sp³-hybridized carbons (Fsp3) is 0.440. The lowest BCUT2D eigenvalue weighted by molar-refractivity contribution is 0.667. The maximum Gasteiger partial charge on any atom is 0.0902 e. The van der Waals surface area contributed by atoms with Gasteiger partial charge >= 0.3 is 0 Å². The molecule has 2 nitrogen and oxygen atoms in total. The predicted molar refractivity (Wildman–Crippen MR) is 131 cm³/mol. The van der Waals surface area contributed by atoms with Gasteiger partial charge in [-0.15, -0.1) is 9.24 Å². The molecule has 0 aromatic carbocycles. The molecule has 1 aliphatic rings. The van der Waals surface area contributed by atoms with Gasteiger partial charge < -0.3 is 0 Å². The Balaban J connectivity index is 2.05. The minimum atomic E-state index is -0.423. The Labute approximate surface area is 180 Å². The van der Waals surface area contributed by atoms with Gasteiger partial charge in [0.25, 0.3) is 0 Å². The highest BCUT2D eigenvalue weighted by atomic mass is 31.1. The minimum Gasteiger partial charge on any atom is -0.260 e. The molecule has 0 bridgehead atoms. The predicted octanol–water partition coefficient (Wildman–Crippen LogP) is 6.79. The van der Waals surface area contributed by atoms with Crippen molar-refractivity contribution in [3.8, 4) is 0 Å². The van der Waals surface area contributed by atoms with Crippen molar-refractivity contribution in [2.75, 3.05) is 6.16 Å². The van der Waals surface area contributed by atoms with Gasteiger partial charge in [0.2, 0.25) is 0 Å². The van der Waals surface area contributed by atoms with Crippen molar-refractivity contribution in [2.24, 2.45) is 5.92 Å². The van der Waals surface area contributed by atoms with Crippen LogP contribution in [0.2, 0.25) is 0 Å². The standard InChI is InChI=1S/C25H34N2P2/c1-23(2,3)29(24(4,5)6)18-19-12-11-13-20(19)25(28,21-14-7-9-16-26-21)22-15-8-10-17-27-22/h7-17,19H,18,28H2,1-6H3. The monoisotopic (exact) mass is 424 g/mol. The van der Waals surface area contributed by atoms with Crippen LogP contribution >= 0.6 is 17.2 Å². The molecular weight excluding hydrogens is 390 g/mol. The molecular formula is C25H34N2P2. The highest BCUT2D eigenvalue weighted by Gasteiger charge is 2.43. The quantitative estimate of drug-likeness (QED) is 0.494. The first-order valence-corrected chi connectivity index (χ1v) is 12.4. The molecule has 0 saturated carbocycles. The van der Waals surface area contributed by atoms with Crippen molar-refractivity contribution >= 4 is 17.2 Å². The fourth-order valence-electron chi connectivity index (χ4n) is 4.47. The maximum absolute atomic E-state index is 4.76. The zero-order valence-corrected chi connectivity index (χ0v) is 20.6. The van der Waals surface area contributed by atoms with Crippen LogP contribution in [0.4, 0.5) is 0 Å². The summed E-state index contributed by atoms with van der Waals surface area (Å²) in [7, 11) is 2.90. The van der Waals surface area contributed by atoms with Crippen molar-refractivity contribution in [3.63, 3.8) is 0 Å². The molecule has 0 spiro atoms. The Hall–Kier alpha value is -1.36. The SMILES string of the molecule is CC(C)(C)P(CC1C=CC=C1C(P)(c1ccccn1)c1ccccn1)C(C)(C)C. The molecule has 0 N–H and O–H groups in total. The Morgan fingerprint density at radius 3 is 1.79 bits per heavy atom. The van der Waals surface area contributed by atoms with E-state index in [-0.39, 0.29) is 7.92 Å². The molecule has 29 heavy (non-hydrogen) atoms. The molecule has 0 saturated heterocycles. The minimum absolute atomic E-state index is 0.208. The Bertz CT molecular complexity index is 821. The topological polar surface area (TPSA) is 25.8 Å². The molecule has 3 rings (SSSR count). The van der Waals surface area contributed by atoms with Gasteiger partial charge in [-0.25, -0.2) is 0 Å². The van der Waals surface area contributed by atoms with Crippen LogP contribution < -0.4 is 0 Å². The number of allylic oxidation sites excluding steroid dienone is 4. The molecule has 0 amide bonds. The summed E-state index contributed by atoms with van der Waals surface area (Å²) >= 11 is 0. The first-order valence-electron chi connectivity index (χ1n) is 10.3. The molecule has 2 atom stereocenters. The van der Waals surface area contributed by atoms with Crippen molar-refractivity contribution in [1.82, 2.24) is 9.97 Å². The van der Waals surface area contributed by atoms with Crippen LogP contribution in [0.1, 0.15) is 52.9 Å². The van der Waals surface area contributed by atoms with Crippen LogP contribution in [0.15, 0.2) is 72.6 Å². The smallest absolute Gasteiger partial charge is 0.0902 e. The van der Waals surface area contributed by atoms with Crippen LogP contribution in [0.3, 0.4) is 0 Å². The van der Waals surface area contributed by atoms with Gasteiger partial charge in [-0.1, -0.05) is 79.8 Å². The summed E-state index contributed by atoms with van der Waals surface area (Å²) in [6.07, 6.45) is 11.8. The summed E-state index contributed by atoms with van der Waals surface area (Å²) in [5.41, 5.74) is 3.43. The normalized spacial score (nSPS) is 17.7. The fourth-order valence-corrected chi connectivity index (χ4v) is 8.94. The van der Waals surface area contributed by atoms with Gasteiger partial charge in [0.15, 0.2) is 0 Å². The first kappa shape index (κ1) is 22.3. The van der Waals surface area contributed by atoms with Gasteiger partial charge in [-0.05, 0) is 46.3 Å². The third-order valence-corrected chi connectivity index (χ3v) is 10.5. The number of hydrogen-bond donors (Lipinski definition) is 0. The number of nitrogens with zero attached hydrogens (tertiary/aromatic N) is 2. The molecule has 0 aliphatic heterocycles. The molecule has 4 heteroatoms. The third-order valence-electron chi connectivity index (χ3n) is 5.61. The van der Waals surface area contributed by atoms with Gasteiger partial charge in [-0.3, -0.25) is 9.97 Å². The van der Waals surface area contributed by atoms with E-state index in [1.54, 1.807) is 0 Å². The highest BCUT2D eigenvalue weighted by Crippen LogP contribution is 2.62. The number of pyridine rings is 2. The second-order valence-electron chi connectivity index (χ2n) is 9.80. The van der Waals surface area contributed by atoms with Gasteiger partial charge in [0.05, 0.1) is 16.5 Å². The van der Waals surface area contributed by atoms with Gasteiger partial charge in [0.1, 0.15) is 0 Å². The lowest BCUT2D eigenvalue weighted by Gasteiger charge is -2.44. The molecule has 2 heterocycles. The van der Waals surface area contributed by atoms with Crippen LogP contribution in [0.25, 0.3) is 0 Å². The Morgan fingerprint density at radius 1 is 0.862 bits per heavy atom. The van der Waals surface area contributed by atoms with Crippen LogP contribution in [-0.2, 0) is 5.16 Å².